The molecule has 4 nitrogen and oxygen atoms in total. The molecule has 0 spiro atoms. The van der Waals surface area contributed by atoms with Crippen LogP contribution in [0.5, 0.6) is 0 Å². The quantitative estimate of drug-likeness (QED) is 0.905. The lowest BCUT2D eigenvalue weighted by Gasteiger charge is -2.06. The van der Waals surface area contributed by atoms with Crippen LogP contribution in [0.2, 0.25) is 5.02 Å². The van der Waals surface area contributed by atoms with Gasteiger partial charge in [-0.1, -0.05) is 35.9 Å². The Morgan fingerprint density at radius 1 is 1.41 bits per heavy atom. The van der Waals surface area contributed by atoms with Gasteiger partial charge in [-0.05, 0) is 24.1 Å². The van der Waals surface area contributed by atoms with Crippen LogP contribution in [-0.4, -0.2) is 20.1 Å². The molecule has 0 radical (unpaired) electrons. The summed E-state index contributed by atoms with van der Waals surface area (Å²) in [6.45, 7) is 2.57. The normalized spacial score (nSPS) is 10.8. The lowest BCUT2D eigenvalue weighted by molar-refractivity contribution is 0.275. The molecule has 0 aliphatic heterocycles. The van der Waals surface area contributed by atoms with Crippen LogP contribution < -0.4 is 0 Å². The van der Waals surface area contributed by atoms with Crippen LogP contribution in [0.1, 0.15) is 23.9 Å². The maximum atomic E-state index is 9.14. The predicted octanol–water partition coefficient (Wildman–Crippen LogP) is 2.03. The summed E-state index contributed by atoms with van der Waals surface area (Å²) in [7, 11) is 0. The smallest absolute Gasteiger partial charge is 0.111 e. The van der Waals surface area contributed by atoms with Gasteiger partial charge in [-0.3, -0.25) is 0 Å². The van der Waals surface area contributed by atoms with Crippen LogP contribution >= 0.6 is 11.6 Å². The molecule has 0 bridgehead atoms. The number of aliphatic hydroxyl groups is 1. The number of hydrogen-bond donors (Lipinski definition) is 1. The lowest BCUT2D eigenvalue weighted by Crippen LogP contribution is -2.06. The Hall–Kier alpha value is -1.39. The van der Waals surface area contributed by atoms with Gasteiger partial charge in [0.1, 0.15) is 5.69 Å². The van der Waals surface area contributed by atoms with Gasteiger partial charge in [-0.15, -0.1) is 5.10 Å². The Balaban J connectivity index is 2.27. The zero-order chi connectivity index (χ0) is 12.3. The highest BCUT2D eigenvalue weighted by atomic mass is 35.5. The van der Waals surface area contributed by atoms with Gasteiger partial charge in [0.15, 0.2) is 0 Å². The van der Waals surface area contributed by atoms with Crippen molar-refractivity contribution in [2.75, 3.05) is 0 Å². The predicted molar refractivity (Wildman–Crippen MR) is 65.9 cm³/mol. The Kier molecular flexibility index (Phi) is 3.76. The minimum Gasteiger partial charge on any atom is -0.390 e. The fraction of sp³-hybridized carbons (Fsp3) is 0.333. The summed E-state index contributed by atoms with van der Waals surface area (Å²) < 4.78 is 1.80. The highest BCUT2D eigenvalue weighted by Gasteiger charge is 2.10. The molecule has 17 heavy (non-hydrogen) atoms. The fourth-order valence-electron chi connectivity index (χ4n) is 1.81. The highest BCUT2D eigenvalue weighted by molar-refractivity contribution is 6.30. The Morgan fingerprint density at radius 3 is 2.88 bits per heavy atom. The van der Waals surface area contributed by atoms with E-state index in [1.165, 1.54) is 0 Å². The number of aliphatic hydroxyl groups excluding tert-OH is 1. The molecule has 0 unspecified atom stereocenters. The molecule has 0 atom stereocenters. The summed E-state index contributed by atoms with van der Waals surface area (Å²) in [6.07, 6.45) is 0.795. The molecular formula is C12H14ClN3O. The van der Waals surface area contributed by atoms with Crippen molar-refractivity contribution in [2.24, 2.45) is 0 Å². The fourth-order valence-corrected chi connectivity index (χ4v) is 2.03. The second kappa shape index (κ2) is 5.29. The molecule has 0 amide bonds. The van der Waals surface area contributed by atoms with Crippen LogP contribution in [-0.2, 0) is 19.6 Å². The Morgan fingerprint density at radius 2 is 2.24 bits per heavy atom. The summed E-state index contributed by atoms with van der Waals surface area (Å²) in [5.41, 5.74) is 2.68. The van der Waals surface area contributed by atoms with E-state index in [0.717, 1.165) is 17.7 Å². The van der Waals surface area contributed by atoms with Crippen LogP contribution in [0.3, 0.4) is 0 Å². The summed E-state index contributed by atoms with van der Waals surface area (Å²) in [4.78, 5) is 0. The molecule has 1 aromatic heterocycles. The van der Waals surface area contributed by atoms with Crippen LogP contribution in [0.25, 0.3) is 0 Å². The van der Waals surface area contributed by atoms with Gasteiger partial charge in [0.05, 0.1) is 18.8 Å². The van der Waals surface area contributed by atoms with Gasteiger partial charge in [0, 0.05) is 5.02 Å². The van der Waals surface area contributed by atoms with Crippen molar-refractivity contribution in [1.29, 1.82) is 0 Å². The molecular weight excluding hydrogens is 238 g/mol. The topological polar surface area (TPSA) is 50.9 Å². The van der Waals surface area contributed by atoms with Crippen molar-refractivity contribution in [3.63, 3.8) is 0 Å². The minimum atomic E-state index is -0.0707. The molecule has 0 aliphatic carbocycles. The van der Waals surface area contributed by atoms with E-state index in [1.807, 2.05) is 31.2 Å². The minimum absolute atomic E-state index is 0.0707. The van der Waals surface area contributed by atoms with Gasteiger partial charge < -0.3 is 5.11 Å². The van der Waals surface area contributed by atoms with Crippen molar-refractivity contribution in [3.05, 3.63) is 46.2 Å². The number of aromatic nitrogens is 3. The van der Waals surface area contributed by atoms with Crippen molar-refractivity contribution >= 4 is 11.6 Å². The number of rotatable bonds is 4. The first-order valence-corrected chi connectivity index (χ1v) is 5.89. The van der Waals surface area contributed by atoms with Crippen LogP contribution in [0.4, 0.5) is 0 Å². The molecule has 0 aliphatic rings. The standard InChI is InChI=1S/C12H14ClN3O/c1-2-12-11(8-17)14-15-16(12)7-9-4-3-5-10(13)6-9/h3-6,17H,2,7-8H2,1H3. The number of halogens is 1. The lowest BCUT2D eigenvalue weighted by atomic mass is 10.2. The van der Waals surface area contributed by atoms with E-state index < -0.39 is 0 Å². The van der Waals surface area contributed by atoms with Crippen molar-refractivity contribution in [3.8, 4) is 0 Å². The maximum Gasteiger partial charge on any atom is 0.111 e. The molecule has 2 rings (SSSR count). The van der Waals surface area contributed by atoms with E-state index in [-0.39, 0.29) is 6.61 Å². The molecule has 1 heterocycles. The maximum absolute atomic E-state index is 9.14. The summed E-state index contributed by atoms with van der Waals surface area (Å²) in [5, 5.41) is 17.8. The summed E-state index contributed by atoms with van der Waals surface area (Å²) in [5.74, 6) is 0. The number of nitrogens with zero attached hydrogens (tertiary/aromatic N) is 3. The molecule has 0 saturated heterocycles. The van der Waals surface area contributed by atoms with E-state index in [9.17, 15) is 0 Å². The third-order valence-electron chi connectivity index (χ3n) is 2.62. The van der Waals surface area contributed by atoms with Crippen LogP contribution in [0, 0.1) is 0 Å². The summed E-state index contributed by atoms with van der Waals surface area (Å²) in [6, 6.07) is 7.65. The molecule has 2 aromatic rings. The van der Waals surface area contributed by atoms with Gasteiger partial charge in [-0.25, -0.2) is 4.68 Å². The highest BCUT2D eigenvalue weighted by Crippen LogP contribution is 2.14. The number of hydrogen-bond acceptors (Lipinski definition) is 3. The first kappa shape index (κ1) is 12.1. The van der Waals surface area contributed by atoms with Gasteiger partial charge in [0.25, 0.3) is 0 Å². The Labute approximate surface area is 105 Å². The Bertz CT molecular complexity index is 510. The van der Waals surface area contributed by atoms with Crippen molar-refractivity contribution in [1.82, 2.24) is 15.0 Å². The van der Waals surface area contributed by atoms with E-state index in [1.54, 1.807) is 4.68 Å². The molecule has 1 N–H and O–H groups in total. The van der Waals surface area contributed by atoms with E-state index in [0.29, 0.717) is 17.3 Å². The third-order valence-corrected chi connectivity index (χ3v) is 2.86. The second-order valence-corrected chi connectivity index (χ2v) is 4.22. The molecule has 90 valence electrons. The zero-order valence-electron chi connectivity index (χ0n) is 9.60. The van der Waals surface area contributed by atoms with Gasteiger partial charge in [0.2, 0.25) is 0 Å². The first-order chi connectivity index (χ1) is 8.24. The van der Waals surface area contributed by atoms with E-state index in [2.05, 4.69) is 10.3 Å². The third kappa shape index (κ3) is 2.65. The molecule has 0 saturated carbocycles. The largest absolute Gasteiger partial charge is 0.390 e. The average Bonchev–Trinajstić information content (AvgIpc) is 2.71. The monoisotopic (exact) mass is 251 g/mol. The van der Waals surface area contributed by atoms with Crippen molar-refractivity contribution < 1.29 is 5.11 Å². The van der Waals surface area contributed by atoms with Gasteiger partial charge >= 0.3 is 0 Å². The average molecular weight is 252 g/mol. The molecule has 0 fully saturated rings. The van der Waals surface area contributed by atoms with Gasteiger partial charge in [-0.2, -0.15) is 0 Å². The second-order valence-electron chi connectivity index (χ2n) is 3.78. The van der Waals surface area contributed by atoms with E-state index in [4.69, 9.17) is 16.7 Å². The first-order valence-electron chi connectivity index (χ1n) is 5.51. The van der Waals surface area contributed by atoms with E-state index >= 15 is 0 Å². The van der Waals surface area contributed by atoms with Crippen LogP contribution in [0.15, 0.2) is 24.3 Å². The SMILES string of the molecule is CCc1c(CO)nnn1Cc1cccc(Cl)c1. The molecule has 1 aromatic carbocycles. The summed E-state index contributed by atoms with van der Waals surface area (Å²) >= 11 is 5.93. The zero-order valence-corrected chi connectivity index (χ0v) is 10.4. The number of benzene rings is 1. The molecule has 5 heteroatoms. The van der Waals surface area contributed by atoms with Crippen molar-refractivity contribution in [2.45, 2.75) is 26.5 Å².